The van der Waals surface area contributed by atoms with Crippen molar-refractivity contribution in [3.63, 3.8) is 0 Å². The molecule has 1 aromatic rings. The summed E-state index contributed by atoms with van der Waals surface area (Å²) in [5, 5.41) is 17.7. The summed E-state index contributed by atoms with van der Waals surface area (Å²) < 4.78 is 1.54. The Morgan fingerprint density at radius 2 is 2.25 bits per heavy atom. The lowest BCUT2D eigenvalue weighted by Gasteiger charge is -2.08. The molecule has 0 bridgehead atoms. The zero-order valence-electron chi connectivity index (χ0n) is 8.87. The Morgan fingerprint density at radius 1 is 1.50 bits per heavy atom. The van der Waals surface area contributed by atoms with Crippen molar-refractivity contribution >= 4 is 17.4 Å². The van der Waals surface area contributed by atoms with Gasteiger partial charge in [-0.1, -0.05) is 0 Å². The number of nitrogens with two attached hydrogens (primary N) is 1. The molecule has 16 heavy (non-hydrogen) atoms. The van der Waals surface area contributed by atoms with Gasteiger partial charge < -0.3 is 20.5 Å². The van der Waals surface area contributed by atoms with Crippen molar-refractivity contribution in [2.75, 3.05) is 23.8 Å². The molecule has 0 amide bonds. The van der Waals surface area contributed by atoms with Crippen LogP contribution in [0.2, 0.25) is 0 Å². The molecule has 90 valence electrons. The summed E-state index contributed by atoms with van der Waals surface area (Å²) in [6, 6.07) is 3.00. The second-order valence-corrected chi connectivity index (χ2v) is 4.56. The molecular weight excluding hydrogens is 228 g/mol. The monoisotopic (exact) mass is 244 g/mol. The molecule has 0 saturated heterocycles. The average molecular weight is 244 g/mol. The number of hydrogen-bond donors (Lipinski definition) is 3. The first-order valence-corrected chi connectivity index (χ1v) is 6.11. The van der Waals surface area contributed by atoms with Crippen LogP contribution in [0.4, 0.5) is 5.69 Å². The number of thioether (sulfide) groups is 1. The Labute approximate surface area is 97.9 Å². The minimum Gasteiger partial charge on any atom is -0.398 e. The fourth-order valence-corrected chi connectivity index (χ4v) is 2.03. The molecule has 5 nitrogen and oxygen atoms in total. The molecule has 1 aromatic heterocycles. The predicted molar refractivity (Wildman–Crippen MR) is 65.5 cm³/mol. The molecule has 4 N–H and O–H groups in total. The molecule has 0 spiro atoms. The number of aromatic nitrogens is 1. The number of aliphatic hydroxyl groups is 2. The van der Waals surface area contributed by atoms with Crippen LogP contribution in [0.5, 0.6) is 0 Å². The van der Waals surface area contributed by atoms with Gasteiger partial charge in [-0.15, -0.1) is 0 Å². The third kappa shape index (κ3) is 4.26. The number of pyridine rings is 1. The molecule has 6 heteroatoms. The maximum Gasteiger partial charge on any atom is 0.250 e. The molecule has 0 aliphatic heterocycles. The minimum atomic E-state index is -0.692. The molecule has 0 fully saturated rings. The summed E-state index contributed by atoms with van der Waals surface area (Å²) in [7, 11) is 0. The number of aryl methyl sites for hydroxylation is 1. The third-order valence-electron chi connectivity index (χ3n) is 2.00. The minimum absolute atomic E-state index is 0.0856. The van der Waals surface area contributed by atoms with E-state index in [1.807, 2.05) is 0 Å². The zero-order valence-corrected chi connectivity index (χ0v) is 9.69. The normalized spacial score (nSPS) is 12.6. The summed E-state index contributed by atoms with van der Waals surface area (Å²) in [4.78, 5) is 11.4. The second kappa shape index (κ2) is 6.57. The van der Waals surface area contributed by atoms with Crippen LogP contribution in [-0.4, -0.2) is 39.0 Å². The number of hydrogen-bond acceptors (Lipinski definition) is 5. The fourth-order valence-electron chi connectivity index (χ4n) is 1.16. The topological polar surface area (TPSA) is 88.5 Å². The molecular formula is C10H16N2O3S. The average Bonchev–Trinajstić information content (AvgIpc) is 2.28. The van der Waals surface area contributed by atoms with Gasteiger partial charge in [0.15, 0.2) is 0 Å². The van der Waals surface area contributed by atoms with Crippen molar-refractivity contribution in [1.82, 2.24) is 4.57 Å². The van der Waals surface area contributed by atoms with E-state index < -0.39 is 6.10 Å². The smallest absolute Gasteiger partial charge is 0.250 e. The van der Waals surface area contributed by atoms with Crippen LogP contribution in [0.1, 0.15) is 0 Å². The Morgan fingerprint density at radius 3 is 2.94 bits per heavy atom. The summed E-state index contributed by atoms with van der Waals surface area (Å²) in [6.07, 6.45) is 0.910. The lowest BCUT2D eigenvalue weighted by molar-refractivity contribution is 0.113. The first kappa shape index (κ1) is 13.1. The fraction of sp³-hybridized carbons (Fsp3) is 0.500. The standard InChI is InChI=1S/C10H16N2O3S/c11-8-1-2-10(15)12(5-8)3-4-16-7-9(14)6-13/h1-2,5,9,13-14H,3-4,6-7,11H2. The SMILES string of the molecule is Nc1ccc(=O)n(CCSCC(O)CO)c1. The second-order valence-electron chi connectivity index (χ2n) is 3.41. The largest absolute Gasteiger partial charge is 0.398 e. The maximum atomic E-state index is 11.4. The molecule has 1 rings (SSSR count). The van der Waals surface area contributed by atoms with Crippen molar-refractivity contribution in [2.45, 2.75) is 12.6 Å². The summed E-state index contributed by atoms with van der Waals surface area (Å²) in [5.41, 5.74) is 6.03. The van der Waals surface area contributed by atoms with E-state index in [0.29, 0.717) is 23.7 Å². The molecule has 1 heterocycles. The van der Waals surface area contributed by atoms with Crippen LogP contribution < -0.4 is 11.3 Å². The number of rotatable bonds is 6. The van der Waals surface area contributed by atoms with E-state index in [1.165, 1.54) is 22.4 Å². The lowest BCUT2D eigenvalue weighted by Crippen LogP contribution is -2.21. The highest BCUT2D eigenvalue weighted by atomic mass is 32.2. The van der Waals surface area contributed by atoms with E-state index in [4.69, 9.17) is 15.9 Å². The number of aliphatic hydroxyl groups excluding tert-OH is 2. The Balaban J connectivity index is 2.37. The van der Waals surface area contributed by atoms with E-state index in [9.17, 15) is 4.79 Å². The van der Waals surface area contributed by atoms with Crippen LogP contribution in [0.15, 0.2) is 23.1 Å². The molecule has 0 aromatic carbocycles. The van der Waals surface area contributed by atoms with Gasteiger partial charge in [-0.25, -0.2) is 0 Å². The highest BCUT2D eigenvalue weighted by molar-refractivity contribution is 7.99. The van der Waals surface area contributed by atoms with Gasteiger partial charge in [-0.2, -0.15) is 11.8 Å². The van der Waals surface area contributed by atoms with Gasteiger partial charge in [0.25, 0.3) is 5.56 Å². The zero-order chi connectivity index (χ0) is 12.0. The number of nitrogens with zero attached hydrogens (tertiary/aromatic N) is 1. The van der Waals surface area contributed by atoms with E-state index in [2.05, 4.69) is 0 Å². The van der Waals surface area contributed by atoms with Crippen LogP contribution >= 0.6 is 11.8 Å². The van der Waals surface area contributed by atoms with Gasteiger partial charge in [0.05, 0.1) is 12.7 Å². The van der Waals surface area contributed by atoms with Gasteiger partial charge in [0.2, 0.25) is 0 Å². The Bertz CT molecular complexity index is 381. The molecule has 1 unspecified atom stereocenters. The molecule has 0 aliphatic carbocycles. The first-order chi connectivity index (χ1) is 7.63. The van der Waals surface area contributed by atoms with Crippen molar-refractivity contribution in [2.24, 2.45) is 0 Å². The van der Waals surface area contributed by atoms with Crippen molar-refractivity contribution in [3.05, 3.63) is 28.7 Å². The summed E-state index contributed by atoms with van der Waals surface area (Å²) >= 11 is 1.48. The number of nitrogen functional groups attached to an aromatic ring is 1. The van der Waals surface area contributed by atoms with E-state index >= 15 is 0 Å². The highest BCUT2D eigenvalue weighted by Gasteiger charge is 2.02. The maximum absolute atomic E-state index is 11.4. The van der Waals surface area contributed by atoms with Gasteiger partial charge in [0, 0.05) is 36.0 Å². The van der Waals surface area contributed by atoms with Crippen molar-refractivity contribution in [3.8, 4) is 0 Å². The van der Waals surface area contributed by atoms with Crippen LogP contribution in [0, 0.1) is 0 Å². The van der Waals surface area contributed by atoms with Crippen LogP contribution in [0.25, 0.3) is 0 Å². The summed E-state index contributed by atoms with van der Waals surface area (Å²) in [5.74, 6) is 1.16. The molecule has 0 radical (unpaired) electrons. The predicted octanol–water partition coefficient (Wildman–Crippen LogP) is -0.483. The van der Waals surface area contributed by atoms with Gasteiger partial charge in [-0.3, -0.25) is 4.79 Å². The van der Waals surface area contributed by atoms with Gasteiger partial charge >= 0.3 is 0 Å². The van der Waals surface area contributed by atoms with E-state index in [0.717, 1.165) is 0 Å². The summed E-state index contributed by atoms with van der Waals surface area (Å²) in [6.45, 7) is 0.317. The van der Waals surface area contributed by atoms with E-state index in [-0.39, 0.29) is 12.2 Å². The lowest BCUT2D eigenvalue weighted by atomic mass is 10.4. The highest BCUT2D eigenvalue weighted by Crippen LogP contribution is 2.04. The quantitative estimate of drug-likeness (QED) is 0.588. The Hall–Kier alpha value is -0.980. The third-order valence-corrected chi connectivity index (χ3v) is 3.10. The molecule has 1 atom stereocenters. The van der Waals surface area contributed by atoms with E-state index in [1.54, 1.807) is 12.3 Å². The molecule has 0 saturated carbocycles. The first-order valence-electron chi connectivity index (χ1n) is 4.96. The van der Waals surface area contributed by atoms with Crippen molar-refractivity contribution in [1.29, 1.82) is 0 Å². The Kier molecular flexibility index (Phi) is 5.37. The van der Waals surface area contributed by atoms with Gasteiger partial charge in [-0.05, 0) is 6.07 Å². The van der Waals surface area contributed by atoms with Crippen LogP contribution in [0.3, 0.4) is 0 Å². The molecule has 0 aliphatic rings. The van der Waals surface area contributed by atoms with Crippen LogP contribution in [-0.2, 0) is 6.54 Å². The van der Waals surface area contributed by atoms with Crippen molar-refractivity contribution < 1.29 is 10.2 Å². The number of anilines is 1. The van der Waals surface area contributed by atoms with Gasteiger partial charge in [0.1, 0.15) is 0 Å².